The minimum Gasteiger partial charge on any atom is -0.310 e. The lowest BCUT2D eigenvalue weighted by Crippen LogP contribution is -2.23. The predicted molar refractivity (Wildman–Crippen MR) is 58.2 cm³/mol. The number of hydrogen-bond donors (Lipinski definition) is 0. The summed E-state index contributed by atoms with van der Waals surface area (Å²) in [7, 11) is 0. The monoisotopic (exact) mass is 231 g/mol. The van der Waals surface area contributed by atoms with Crippen LogP contribution in [0.5, 0.6) is 0 Å². The van der Waals surface area contributed by atoms with Gasteiger partial charge in [-0.05, 0) is 18.9 Å². The Labute approximate surface area is 92.4 Å². The Bertz CT molecular complexity index is 394. The van der Waals surface area contributed by atoms with E-state index in [9.17, 15) is 4.79 Å². The van der Waals surface area contributed by atoms with Gasteiger partial charge in [-0.1, -0.05) is 36.0 Å². The first-order valence-corrected chi connectivity index (χ1v) is 5.51. The largest absolute Gasteiger partial charge is 0.310 e. The lowest BCUT2D eigenvalue weighted by atomic mass is 10.2. The number of hydrogen-bond acceptors (Lipinski definition) is 1. The normalized spacial score (nSPS) is 17.6. The van der Waals surface area contributed by atoms with Crippen molar-refractivity contribution in [3.05, 3.63) is 32.7 Å². The molecule has 0 unspecified atom stereocenters. The standard InChI is InChI=1S/C10H11Cl2NO/c11-7-5-9(12)10(14)13(6-7)8-3-1-2-4-8/h5-6,8H,1-4H2. The van der Waals surface area contributed by atoms with Gasteiger partial charge in [-0.3, -0.25) is 4.79 Å². The first kappa shape index (κ1) is 10.1. The average molecular weight is 232 g/mol. The maximum Gasteiger partial charge on any atom is 0.269 e. The summed E-state index contributed by atoms with van der Waals surface area (Å²) < 4.78 is 1.68. The molecule has 0 atom stereocenters. The van der Waals surface area contributed by atoms with Crippen LogP contribution in [0.4, 0.5) is 0 Å². The molecule has 2 rings (SSSR count). The van der Waals surface area contributed by atoms with Crippen LogP contribution in [0.15, 0.2) is 17.1 Å². The molecule has 0 bridgehead atoms. The fourth-order valence-electron chi connectivity index (χ4n) is 1.99. The second kappa shape index (κ2) is 3.95. The summed E-state index contributed by atoms with van der Waals surface area (Å²) in [6.45, 7) is 0. The van der Waals surface area contributed by atoms with Crippen molar-refractivity contribution < 1.29 is 0 Å². The van der Waals surface area contributed by atoms with Gasteiger partial charge in [0.15, 0.2) is 0 Å². The lowest BCUT2D eigenvalue weighted by molar-refractivity contribution is 0.502. The number of aromatic nitrogens is 1. The zero-order chi connectivity index (χ0) is 10.1. The second-order valence-electron chi connectivity index (χ2n) is 3.66. The molecule has 0 radical (unpaired) electrons. The molecule has 4 heteroatoms. The summed E-state index contributed by atoms with van der Waals surface area (Å²) in [6, 6.07) is 1.79. The summed E-state index contributed by atoms with van der Waals surface area (Å²) in [5.74, 6) is 0. The van der Waals surface area contributed by atoms with E-state index in [0.717, 1.165) is 12.8 Å². The van der Waals surface area contributed by atoms with Crippen molar-refractivity contribution >= 4 is 23.2 Å². The minimum absolute atomic E-state index is 0.122. The Balaban J connectivity index is 2.46. The van der Waals surface area contributed by atoms with Gasteiger partial charge in [0.1, 0.15) is 5.02 Å². The highest BCUT2D eigenvalue weighted by Crippen LogP contribution is 2.29. The van der Waals surface area contributed by atoms with Crippen molar-refractivity contribution in [3.63, 3.8) is 0 Å². The fraction of sp³-hybridized carbons (Fsp3) is 0.500. The third kappa shape index (κ3) is 1.82. The Hall–Kier alpha value is -0.470. The predicted octanol–water partition coefficient (Wildman–Crippen LogP) is 3.27. The van der Waals surface area contributed by atoms with Gasteiger partial charge in [0.25, 0.3) is 5.56 Å². The SMILES string of the molecule is O=c1c(Cl)cc(Cl)cn1C1CCCC1. The molecule has 1 heterocycles. The molecule has 0 aliphatic heterocycles. The average Bonchev–Trinajstić information content (AvgIpc) is 2.63. The lowest BCUT2D eigenvalue weighted by Gasteiger charge is -2.13. The molecule has 0 saturated heterocycles. The third-order valence-electron chi connectivity index (χ3n) is 2.68. The Morgan fingerprint density at radius 1 is 1.29 bits per heavy atom. The third-order valence-corrected chi connectivity index (χ3v) is 3.16. The molecule has 1 aromatic heterocycles. The molecular weight excluding hydrogens is 221 g/mol. The molecule has 0 N–H and O–H groups in total. The van der Waals surface area contributed by atoms with Gasteiger partial charge in [0.05, 0.1) is 5.02 Å². The van der Waals surface area contributed by atoms with E-state index >= 15 is 0 Å². The van der Waals surface area contributed by atoms with Crippen LogP contribution < -0.4 is 5.56 Å². The van der Waals surface area contributed by atoms with Gasteiger partial charge in [0, 0.05) is 12.2 Å². The molecule has 1 aliphatic rings. The molecule has 0 spiro atoms. The van der Waals surface area contributed by atoms with Crippen molar-refractivity contribution in [3.8, 4) is 0 Å². The first-order chi connectivity index (χ1) is 6.68. The molecule has 1 aliphatic carbocycles. The van der Waals surface area contributed by atoms with Crippen LogP contribution in [0.2, 0.25) is 10.0 Å². The first-order valence-electron chi connectivity index (χ1n) is 4.75. The van der Waals surface area contributed by atoms with E-state index in [1.807, 2.05) is 0 Å². The van der Waals surface area contributed by atoms with E-state index < -0.39 is 0 Å². The minimum atomic E-state index is -0.122. The van der Waals surface area contributed by atoms with E-state index in [1.54, 1.807) is 10.8 Å². The number of halogens is 2. The van der Waals surface area contributed by atoms with Crippen LogP contribution in [0.25, 0.3) is 0 Å². The highest BCUT2D eigenvalue weighted by atomic mass is 35.5. The topological polar surface area (TPSA) is 22.0 Å². The van der Waals surface area contributed by atoms with Crippen molar-refractivity contribution in [1.29, 1.82) is 0 Å². The van der Waals surface area contributed by atoms with Gasteiger partial charge < -0.3 is 4.57 Å². The Morgan fingerprint density at radius 2 is 1.93 bits per heavy atom. The Kier molecular flexibility index (Phi) is 2.84. The number of nitrogens with zero attached hydrogens (tertiary/aromatic N) is 1. The summed E-state index contributed by atoms with van der Waals surface area (Å²) in [4.78, 5) is 11.7. The van der Waals surface area contributed by atoms with E-state index in [-0.39, 0.29) is 10.6 Å². The van der Waals surface area contributed by atoms with E-state index in [2.05, 4.69) is 0 Å². The highest BCUT2D eigenvalue weighted by Gasteiger charge is 2.18. The van der Waals surface area contributed by atoms with Crippen LogP contribution in [0.1, 0.15) is 31.7 Å². The number of rotatable bonds is 1. The van der Waals surface area contributed by atoms with Gasteiger partial charge in [-0.25, -0.2) is 0 Å². The molecule has 14 heavy (non-hydrogen) atoms. The fourth-order valence-corrected chi connectivity index (χ4v) is 2.47. The molecule has 2 nitrogen and oxygen atoms in total. The van der Waals surface area contributed by atoms with Crippen LogP contribution >= 0.6 is 23.2 Å². The zero-order valence-electron chi connectivity index (χ0n) is 7.67. The maximum atomic E-state index is 11.7. The maximum absolute atomic E-state index is 11.7. The van der Waals surface area contributed by atoms with Gasteiger partial charge >= 0.3 is 0 Å². The van der Waals surface area contributed by atoms with Crippen LogP contribution in [0.3, 0.4) is 0 Å². The molecular formula is C10H11Cl2NO. The van der Waals surface area contributed by atoms with Gasteiger partial charge in [-0.15, -0.1) is 0 Å². The summed E-state index contributed by atoms with van der Waals surface area (Å²) in [6.07, 6.45) is 6.15. The summed E-state index contributed by atoms with van der Waals surface area (Å²) in [5.41, 5.74) is -0.122. The zero-order valence-corrected chi connectivity index (χ0v) is 9.18. The highest BCUT2D eigenvalue weighted by molar-refractivity contribution is 6.34. The smallest absolute Gasteiger partial charge is 0.269 e. The Morgan fingerprint density at radius 3 is 2.57 bits per heavy atom. The molecule has 76 valence electrons. The molecule has 1 saturated carbocycles. The molecule has 0 aromatic carbocycles. The van der Waals surface area contributed by atoms with Crippen molar-refractivity contribution in [2.75, 3.05) is 0 Å². The molecule has 0 amide bonds. The summed E-state index contributed by atoms with van der Waals surface area (Å²) in [5, 5.41) is 0.742. The van der Waals surface area contributed by atoms with Crippen molar-refractivity contribution in [1.82, 2.24) is 4.57 Å². The molecule has 1 fully saturated rings. The van der Waals surface area contributed by atoms with Gasteiger partial charge in [-0.2, -0.15) is 0 Å². The summed E-state index contributed by atoms with van der Waals surface area (Å²) >= 11 is 11.6. The van der Waals surface area contributed by atoms with Gasteiger partial charge in [0.2, 0.25) is 0 Å². The van der Waals surface area contributed by atoms with Crippen LogP contribution in [0, 0.1) is 0 Å². The van der Waals surface area contributed by atoms with E-state index in [4.69, 9.17) is 23.2 Å². The van der Waals surface area contributed by atoms with Crippen LogP contribution in [-0.4, -0.2) is 4.57 Å². The van der Waals surface area contributed by atoms with Crippen molar-refractivity contribution in [2.45, 2.75) is 31.7 Å². The second-order valence-corrected chi connectivity index (χ2v) is 4.50. The van der Waals surface area contributed by atoms with Crippen molar-refractivity contribution in [2.24, 2.45) is 0 Å². The quantitative estimate of drug-likeness (QED) is 0.728. The number of pyridine rings is 1. The van der Waals surface area contributed by atoms with E-state index in [1.165, 1.54) is 18.9 Å². The van der Waals surface area contributed by atoms with Crippen LogP contribution in [-0.2, 0) is 0 Å². The van der Waals surface area contributed by atoms with E-state index in [0.29, 0.717) is 11.1 Å². The molecule has 1 aromatic rings.